The van der Waals surface area contributed by atoms with Crippen molar-refractivity contribution >= 4 is 5.97 Å². The van der Waals surface area contributed by atoms with Crippen molar-refractivity contribution in [1.29, 1.82) is 0 Å². The van der Waals surface area contributed by atoms with Crippen LogP contribution in [0.15, 0.2) is 30.3 Å². The second-order valence-corrected chi connectivity index (χ2v) is 8.11. The van der Waals surface area contributed by atoms with E-state index < -0.39 is 6.10 Å². The summed E-state index contributed by atoms with van der Waals surface area (Å²) in [7, 11) is 1.48. The number of esters is 1. The van der Waals surface area contributed by atoms with Gasteiger partial charge in [-0.25, -0.2) is 0 Å². The molecule has 2 saturated carbocycles. The fraction of sp³-hybridized carbons (Fsp3) is 0.650. The van der Waals surface area contributed by atoms with Gasteiger partial charge in [0.25, 0.3) is 0 Å². The van der Waals surface area contributed by atoms with Crippen LogP contribution in [0.5, 0.6) is 0 Å². The van der Waals surface area contributed by atoms with E-state index in [9.17, 15) is 9.90 Å². The maximum absolute atomic E-state index is 12.5. The van der Waals surface area contributed by atoms with Gasteiger partial charge in [0.05, 0.1) is 19.1 Å². The van der Waals surface area contributed by atoms with E-state index in [1.165, 1.54) is 7.11 Å². The van der Waals surface area contributed by atoms with Crippen LogP contribution in [0.2, 0.25) is 0 Å². The van der Waals surface area contributed by atoms with E-state index in [2.05, 4.69) is 20.8 Å². The van der Waals surface area contributed by atoms with Crippen molar-refractivity contribution < 1.29 is 14.6 Å². The van der Waals surface area contributed by atoms with Gasteiger partial charge in [-0.15, -0.1) is 0 Å². The Morgan fingerprint density at radius 3 is 2.57 bits per heavy atom. The van der Waals surface area contributed by atoms with Crippen LogP contribution in [-0.4, -0.2) is 18.2 Å². The normalized spacial score (nSPS) is 36.0. The fourth-order valence-corrected chi connectivity index (χ4v) is 5.50. The molecule has 2 aliphatic carbocycles. The molecule has 0 amide bonds. The van der Waals surface area contributed by atoms with Crippen LogP contribution < -0.4 is 0 Å². The Bertz CT molecular complexity index is 580. The standard InChI is InChI=1S/C20H28O3/c1-19(2)15-10-11-20(19,3)17(18(22)23-4)14(15)12-16(21)13-8-6-5-7-9-13/h5-9,14-17,21H,10-12H2,1-4H3/t14-,15+,16+,17+,20+/m1/s1. The first-order valence-corrected chi connectivity index (χ1v) is 8.64. The number of ether oxygens (including phenoxy) is 1. The summed E-state index contributed by atoms with van der Waals surface area (Å²) in [5, 5.41) is 10.7. The zero-order valence-corrected chi connectivity index (χ0v) is 14.6. The minimum atomic E-state index is -0.521. The van der Waals surface area contributed by atoms with E-state index in [-0.39, 0.29) is 28.6 Å². The van der Waals surface area contributed by atoms with Gasteiger partial charge in [0, 0.05) is 0 Å². The van der Waals surface area contributed by atoms with Crippen molar-refractivity contribution in [2.24, 2.45) is 28.6 Å². The van der Waals surface area contributed by atoms with Crippen molar-refractivity contribution in [2.75, 3.05) is 7.11 Å². The van der Waals surface area contributed by atoms with E-state index in [0.717, 1.165) is 18.4 Å². The highest BCUT2D eigenvalue weighted by Crippen LogP contribution is 2.71. The zero-order valence-electron chi connectivity index (χ0n) is 14.6. The summed E-state index contributed by atoms with van der Waals surface area (Å²) in [6, 6.07) is 9.76. The Hall–Kier alpha value is -1.35. The monoisotopic (exact) mass is 316 g/mol. The molecule has 0 unspecified atom stereocenters. The predicted molar refractivity (Wildman–Crippen MR) is 89.6 cm³/mol. The number of aliphatic hydroxyl groups excluding tert-OH is 1. The summed E-state index contributed by atoms with van der Waals surface area (Å²) >= 11 is 0. The first kappa shape index (κ1) is 16.5. The van der Waals surface area contributed by atoms with E-state index >= 15 is 0 Å². The van der Waals surface area contributed by atoms with Gasteiger partial charge in [-0.1, -0.05) is 51.1 Å². The smallest absolute Gasteiger partial charge is 0.309 e. The molecule has 126 valence electrons. The van der Waals surface area contributed by atoms with Crippen molar-refractivity contribution in [3.8, 4) is 0 Å². The molecule has 3 nitrogen and oxygen atoms in total. The maximum Gasteiger partial charge on any atom is 0.309 e. The lowest BCUT2D eigenvalue weighted by molar-refractivity contribution is -0.153. The number of carbonyl (C=O) groups excluding carboxylic acids is 1. The van der Waals surface area contributed by atoms with Gasteiger partial charge in [0.15, 0.2) is 0 Å². The molecule has 0 saturated heterocycles. The third kappa shape index (κ3) is 2.32. The number of hydrogen-bond acceptors (Lipinski definition) is 3. The lowest BCUT2D eigenvalue weighted by Crippen LogP contribution is -2.39. The second-order valence-electron chi connectivity index (χ2n) is 8.11. The highest BCUT2D eigenvalue weighted by molar-refractivity contribution is 5.75. The molecule has 2 bridgehead atoms. The molecule has 1 aromatic carbocycles. The molecule has 1 aromatic rings. The lowest BCUT2D eigenvalue weighted by Gasteiger charge is -2.38. The second kappa shape index (κ2) is 5.62. The minimum absolute atomic E-state index is 0.0359. The molecule has 0 spiro atoms. The number of benzene rings is 1. The van der Waals surface area contributed by atoms with Crippen LogP contribution in [0.25, 0.3) is 0 Å². The van der Waals surface area contributed by atoms with Gasteiger partial charge in [-0.2, -0.15) is 0 Å². The number of hydrogen-bond donors (Lipinski definition) is 1. The number of rotatable bonds is 4. The van der Waals surface area contributed by atoms with Crippen molar-refractivity contribution in [3.63, 3.8) is 0 Å². The Balaban J connectivity index is 1.90. The van der Waals surface area contributed by atoms with Crippen LogP contribution in [-0.2, 0) is 9.53 Å². The summed E-state index contributed by atoms with van der Waals surface area (Å²) in [4.78, 5) is 12.5. The Labute approximate surface area is 139 Å². The lowest BCUT2D eigenvalue weighted by atomic mass is 9.65. The van der Waals surface area contributed by atoms with Gasteiger partial charge in [0.1, 0.15) is 0 Å². The fourth-order valence-electron chi connectivity index (χ4n) is 5.50. The maximum atomic E-state index is 12.5. The van der Waals surface area contributed by atoms with Gasteiger partial charge in [-0.3, -0.25) is 4.79 Å². The average Bonchev–Trinajstić information content (AvgIpc) is 2.86. The summed E-state index contributed by atoms with van der Waals surface area (Å²) < 4.78 is 5.14. The van der Waals surface area contributed by atoms with E-state index in [1.54, 1.807) is 0 Å². The molecule has 0 aromatic heterocycles. The third-order valence-electron chi connectivity index (χ3n) is 7.14. The summed E-state index contributed by atoms with van der Waals surface area (Å²) in [6.07, 6.45) is 2.33. The zero-order chi connectivity index (χ0) is 16.8. The van der Waals surface area contributed by atoms with Gasteiger partial charge < -0.3 is 9.84 Å². The number of aliphatic hydroxyl groups is 1. The van der Waals surface area contributed by atoms with Crippen LogP contribution in [0.4, 0.5) is 0 Å². The Kier molecular flexibility index (Phi) is 4.04. The first-order chi connectivity index (χ1) is 10.8. The summed E-state index contributed by atoms with van der Waals surface area (Å²) in [5.74, 6) is 0.439. The van der Waals surface area contributed by atoms with Crippen LogP contribution >= 0.6 is 0 Å². The highest BCUT2D eigenvalue weighted by atomic mass is 16.5. The molecule has 3 rings (SSSR count). The number of carbonyl (C=O) groups is 1. The summed E-state index contributed by atoms with van der Waals surface area (Å²) in [5.41, 5.74) is 1.00. The van der Waals surface area contributed by atoms with E-state index in [4.69, 9.17) is 4.74 Å². The molecule has 0 aliphatic heterocycles. The summed E-state index contributed by atoms with van der Waals surface area (Å²) in [6.45, 7) is 6.81. The molecular formula is C20H28O3. The first-order valence-electron chi connectivity index (χ1n) is 8.64. The van der Waals surface area contributed by atoms with Crippen molar-refractivity contribution in [2.45, 2.75) is 46.1 Å². The number of methoxy groups -OCH3 is 1. The van der Waals surface area contributed by atoms with Crippen LogP contribution in [0.3, 0.4) is 0 Å². The third-order valence-corrected chi connectivity index (χ3v) is 7.14. The Morgan fingerprint density at radius 1 is 1.30 bits per heavy atom. The molecule has 2 aliphatic rings. The molecule has 0 radical (unpaired) electrons. The van der Waals surface area contributed by atoms with Gasteiger partial charge in [0.2, 0.25) is 0 Å². The van der Waals surface area contributed by atoms with Crippen LogP contribution in [0, 0.1) is 28.6 Å². The quantitative estimate of drug-likeness (QED) is 0.855. The molecule has 5 atom stereocenters. The molecule has 0 heterocycles. The highest BCUT2D eigenvalue weighted by Gasteiger charge is 2.68. The van der Waals surface area contributed by atoms with Crippen molar-refractivity contribution in [3.05, 3.63) is 35.9 Å². The largest absolute Gasteiger partial charge is 0.469 e. The van der Waals surface area contributed by atoms with Gasteiger partial charge >= 0.3 is 5.97 Å². The average molecular weight is 316 g/mol. The molecule has 3 heteroatoms. The van der Waals surface area contributed by atoms with Gasteiger partial charge in [-0.05, 0) is 47.5 Å². The van der Waals surface area contributed by atoms with Crippen molar-refractivity contribution in [1.82, 2.24) is 0 Å². The van der Waals surface area contributed by atoms with E-state index in [1.807, 2.05) is 30.3 Å². The minimum Gasteiger partial charge on any atom is -0.469 e. The molecule has 1 N–H and O–H groups in total. The van der Waals surface area contributed by atoms with Crippen LogP contribution in [0.1, 0.15) is 51.7 Å². The van der Waals surface area contributed by atoms with E-state index in [0.29, 0.717) is 12.3 Å². The topological polar surface area (TPSA) is 46.5 Å². The molecule has 2 fully saturated rings. The SMILES string of the molecule is COC(=O)[C@@H]1[C@H](C[C@H](O)c2ccccc2)[C@@H]2CC[C@]1(C)C2(C)C. The molecular weight excluding hydrogens is 288 g/mol. The molecule has 23 heavy (non-hydrogen) atoms. The predicted octanol–water partition coefficient (Wildman–Crippen LogP) is 3.97. The number of fused-ring (bicyclic) bond motifs is 2. The Morgan fingerprint density at radius 2 is 1.96 bits per heavy atom.